The van der Waals surface area contributed by atoms with E-state index in [4.69, 9.17) is 10.8 Å². The molecule has 1 amide bonds. The van der Waals surface area contributed by atoms with Crippen LogP contribution in [0.15, 0.2) is 24.3 Å². The fraction of sp³-hybridized carbons (Fsp3) is 0.417. The summed E-state index contributed by atoms with van der Waals surface area (Å²) in [5, 5.41) is 9.08. The molecule has 1 aromatic rings. The molecule has 3 N–H and O–H groups in total. The lowest BCUT2D eigenvalue weighted by atomic mass is 10.1. The Hall–Kier alpha value is -1.76. The number of hydrogen-bond acceptors (Lipinski definition) is 3. The Balaban J connectivity index is 2.59. The molecule has 7 heteroatoms. The van der Waals surface area contributed by atoms with Gasteiger partial charge in [0.15, 0.2) is 0 Å². The van der Waals surface area contributed by atoms with Crippen LogP contribution < -0.4 is 5.73 Å². The van der Waals surface area contributed by atoms with Crippen molar-refractivity contribution in [2.45, 2.75) is 18.6 Å². The van der Waals surface area contributed by atoms with Crippen molar-refractivity contribution >= 4 is 5.91 Å². The number of phenolic OH excluding ortho intramolecular Hbond substituents is 1. The van der Waals surface area contributed by atoms with E-state index < -0.39 is 24.7 Å². The largest absolute Gasteiger partial charge is 0.508 e. The Morgan fingerprint density at radius 3 is 2.37 bits per heavy atom. The van der Waals surface area contributed by atoms with Crippen LogP contribution >= 0.6 is 0 Å². The summed E-state index contributed by atoms with van der Waals surface area (Å²) in [5.41, 5.74) is 6.25. The van der Waals surface area contributed by atoms with Crippen LogP contribution in [-0.2, 0) is 11.2 Å². The van der Waals surface area contributed by atoms with Crippen LogP contribution in [-0.4, -0.2) is 41.7 Å². The monoisotopic (exact) mass is 276 g/mol. The van der Waals surface area contributed by atoms with Gasteiger partial charge in [-0.25, -0.2) is 0 Å². The van der Waals surface area contributed by atoms with Crippen molar-refractivity contribution in [1.82, 2.24) is 4.90 Å². The number of halogens is 3. The van der Waals surface area contributed by atoms with Gasteiger partial charge in [-0.1, -0.05) is 12.1 Å². The molecular formula is C12H15F3N2O2. The lowest BCUT2D eigenvalue weighted by molar-refractivity contribution is -0.159. The predicted octanol–water partition coefficient (Wildman–Crippen LogP) is 1.28. The number of carbonyl (C=O) groups is 1. The van der Waals surface area contributed by atoms with Crippen molar-refractivity contribution in [3.05, 3.63) is 29.8 Å². The normalized spacial score (nSPS) is 13.1. The first-order valence-electron chi connectivity index (χ1n) is 5.54. The smallest absolute Gasteiger partial charge is 0.406 e. The lowest BCUT2D eigenvalue weighted by Gasteiger charge is -2.22. The quantitative estimate of drug-likeness (QED) is 0.870. The number of carbonyl (C=O) groups excluding carboxylic acids is 1. The van der Waals surface area contributed by atoms with Crippen molar-refractivity contribution in [2.75, 3.05) is 13.6 Å². The number of amides is 1. The zero-order valence-electron chi connectivity index (χ0n) is 10.3. The van der Waals surface area contributed by atoms with Crippen molar-refractivity contribution in [3.63, 3.8) is 0 Å². The Morgan fingerprint density at radius 2 is 1.89 bits per heavy atom. The fourth-order valence-corrected chi connectivity index (χ4v) is 1.60. The third kappa shape index (κ3) is 5.17. The maximum absolute atomic E-state index is 12.1. The second-order valence-electron chi connectivity index (χ2n) is 4.29. The number of rotatable bonds is 4. The molecule has 0 aromatic heterocycles. The summed E-state index contributed by atoms with van der Waals surface area (Å²) in [5.74, 6) is -0.705. The van der Waals surface area contributed by atoms with Gasteiger partial charge in [0.25, 0.3) is 0 Å². The predicted molar refractivity (Wildman–Crippen MR) is 63.5 cm³/mol. The summed E-state index contributed by atoms with van der Waals surface area (Å²) in [6.07, 6.45) is -4.33. The van der Waals surface area contributed by atoms with Gasteiger partial charge < -0.3 is 15.7 Å². The molecule has 19 heavy (non-hydrogen) atoms. The Labute approximate surface area is 108 Å². The van der Waals surface area contributed by atoms with E-state index >= 15 is 0 Å². The Morgan fingerprint density at radius 1 is 1.37 bits per heavy atom. The van der Waals surface area contributed by atoms with Crippen LogP contribution in [0, 0.1) is 0 Å². The summed E-state index contributed by atoms with van der Waals surface area (Å²) >= 11 is 0. The molecule has 0 spiro atoms. The van der Waals surface area contributed by atoms with E-state index in [1.807, 2.05) is 0 Å². The second kappa shape index (κ2) is 5.92. The van der Waals surface area contributed by atoms with E-state index in [0.717, 1.165) is 7.05 Å². The maximum Gasteiger partial charge on any atom is 0.406 e. The van der Waals surface area contributed by atoms with Gasteiger partial charge in [-0.05, 0) is 24.1 Å². The van der Waals surface area contributed by atoms with Gasteiger partial charge in [0.05, 0.1) is 6.04 Å². The molecule has 0 unspecified atom stereocenters. The molecule has 0 aliphatic heterocycles. The third-order valence-corrected chi connectivity index (χ3v) is 2.50. The highest BCUT2D eigenvalue weighted by atomic mass is 19.4. The van der Waals surface area contributed by atoms with Gasteiger partial charge in [-0.2, -0.15) is 13.2 Å². The number of aromatic hydroxyl groups is 1. The first-order valence-corrected chi connectivity index (χ1v) is 5.54. The molecular weight excluding hydrogens is 261 g/mol. The molecule has 0 aliphatic carbocycles. The molecule has 0 bridgehead atoms. The van der Waals surface area contributed by atoms with Crippen LogP contribution in [0.1, 0.15) is 5.56 Å². The fourth-order valence-electron chi connectivity index (χ4n) is 1.60. The number of nitrogens with two attached hydrogens (primary N) is 1. The minimum Gasteiger partial charge on any atom is -0.508 e. The molecule has 0 saturated carbocycles. The molecule has 0 radical (unpaired) electrons. The van der Waals surface area contributed by atoms with Crippen LogP contribution in [0.3, 0.4) is 0 Å². The van der Waals surface area contributed by atoms with Crippen LogP contribution in [0.5, 0.6) is 5.75 Å². The molecule has 0 fully saturated rings. The second-order valence-corrected chi connectivity index (χ2v) is 4.29. The zero-order valence-corrected chi connectivity index (χ0v) is 10.3. The first-order chi connectivity index (χ1) is 8.69. The lowest BCUT2D eigenvalue weighted by Crippen LogP contribution is -2.46. The van der Waals surface area contributed by atoms with Crippen LogP contribution in [0.4, 0.5) is 13.2 Å². The molecule has 1 atom stereocenters. The molecule has 1 aromatic carbocycles. The van der Waals surface area contributed by atoms with E-state index in [-0.39, 0.29) is 12.2 Å². The van der Waals surface area contributed by atoms with E-state index in [9.17, 15) is 18.0 Å². The Bertz CT molecular complexity index is 432. The van der Waals surface area contributed by atoms with E-state index in [0.29, 0.717) is 10.5 Å². The van der Waals surface area contributed by atoms with Gasteiger partial charge in [0, 0.05) is 7.05 Å². The number of benzene rings is 1. The van der Waals surface area contributed by atoms with Gasteiger partial charge in [0.1, 0.15) is 12.3 Å². The van der Waals surface area contributed by atoms with E-state index in [1.165, 1.54) is 12.1 Å². The maximum atomic E-state index is 12.1. The highest BCUT2D eigenvalue weighted by Crippen LogP contribution is 2.16. The molecule has 0 saturated heterocycles. The molecule has 0 heterocycles. The summed E-state index contributed by atoms with van der Waals surface area (Å²) < 4.78 is 36.4. The average Bonchev–Trinajstić information content (AvgIpc) is 2.28. The highest BCUT2D eigenvalue weighted by Gasteiger charge is 2.32. The average molecular weight is 276 g/mol. The molecule has 0 aliphatic rings. The van der Waals surface area contributed by atoms with E-state index in [1.54, 1.807) is 12.1 Å². The minimum absolute atomic E-state index is 0.0674. The van der Waals surface area contributed by atoms with Gasteiger partial charge >= 0.3 is 6.18 Å². The number of alkyl halides is 3. The number of likely N-dealkylation sites (N-methyl/N-ethyl adjacent to an activating group) is 1. The van der Waals surface area contributed by atoms with Crippen LogP contribution in [0.2, 0.25) is 0 Å². The SMILES string of the molecule is CN(CC(F)(F)F)C(=O)[C@@H](N)Cc1ccc(O)cc1. The van der Waals surface area contributed by atoms with Gasteiger partial charge in [0.2, 0.25) is 5.91 Å². The third-order valence-electron chi connectivity index (χ3n) is 2.50. The van der Waals surface area contributed by atoms with Crippen molar-refractivity contribution < 1.29 is 23.1 Å². The number of phenols is 1. The molecule has 1 rings (SSSR count). The van der Waals surface area contributed by atoms with E-state index in [2.05, 4.69) is 0 Å². The van der Waals surface area contributed by atoms with Crippen LogP contribution in [0.25, 0.3) is 0 Å². The summed E-state index contributed by atoms with van der Waals surface area (Å²) in [4.78, 5) is 12.2. The van der Waals surface area contributed by atoms with Gasteiger partial charge in [-0.3, -0.25) is 4.79 Å². The summed E-state index contributed by atoms with van der Waals surface area (Å²) in [7, 11) is 1.06. The zero-order chi connectivity index (χ0) is 14.6. The topological polar surface area (TPSA) is 66.6 Å². The standard InChI is InChI=1S/C12H15F3N2O2/c1-17(7-12(13,14)15)11(19)10(16)6-8-2-4-9(18)5-3-8/h2-5,10,18H,6-7,16H2,1H3/t10-/m0/s1. The van der Waals surface area contributed by atoms with Crippen molar-refractivity contribution in [1.29, 1.82) is 0 Å². The van der Waals surface area contributed by atoms with Crippen molar-refractivity contribution in [3.8, 4) is 5.75 Å². The highest BCUT2D eigenvalue weighted by molar-refractivity contribution is 5.81. The number of hydrogen-bond donors (Lipinski definition) is 2. The molecule has 106 valence electrons. The summed E-state index contributed by atoms with van der Waals surface area (Å²) in [6, 6.07) is 4.92. The Kier molecular flexibility index (Phi) is 4.77. The minimum atomic E-state index is -4.44. The molecule has 4 nitrogen and oxygen atoms in total. The van der Waals surface area contributed by atoms with Gasteiger partial charge in [-0.15, -0.1) is 0 Å². The summed E-state index contributed by atoms with van der Waals surface area (Å²) in [6.45, 7) is -1.32. The van der Waals surface area contributed by atoms with Crippen molar-refractivity contribution in [2.24, 2.45) is 5.73 Å². The number of nitrogens with zero attached hydrogens (tertiary/aromatic N) is 1. The first kappa shape index (κ1) is 15.3.